The van der Waals surface area contributed by atoms with Gasteiger partial charge in [0.1, 0.15) is 0 Å². The number of nitrogens with zero attached hydrogens (tertiary/aromatic N) is 1. The summed E-state index contributed by atoms with van der Waals surface area (Å²) < 4.78 is 0.995. The standard InChI is InChI=1S/C18H17BrN2O/c1-13(16-4-2-3-5-17(16)19)21-18(22)11-10-14-6-8-15(12-20)9-7-14/h2-9,13H,10-11H2,1H3,(H,21,22). The van der Waals surface area contributed by atoms with Gasteiger partial charge in [-0.3, -0.25) is 4.79 Å². The van der Waals surface area contributed by atoms with E-state index in [2.05, 4.69) is 27.3 Å². The monoisotopic (exact) mass is 356 g/mol. The molecule has 3 nitrogen and oxygen atoms in total. The predicted molar refractivity (Wildman–Crippen MR) is 90.2 cm³/mol. The molecular weight excluding hydrogens is 340 g/mol. The summed E-state index contributed by atoms with van der Waals surface area (Å²) in [5.74, 6) is 0.0209. The van der Waals surface area contributed by atoms with Crippen LogP contribution in [0.25, 0.3) is 0 Å². The molecule has 0 saturated heterocycles. The minimum absolute atomic E-state index is 0.0209. The molecule has 22 heavy (non-hydrogen) atoms. The van der Waals surface area contributed by atoms with Gasteiger partial charge in [0, 0.05) is 10.9 Å². The van der Waals surface area contributed by atoms with Crippen molar-refractivity contribution in [2.75, 3.05) is 0 Å². The van der Waals surface area contributed by atoms with E-state index in [1.54, 1.807) is 12.1 Å². The van der Waals surface area contributed by atoms with E-state index in [1.807, 2.05) is 43.3 Å². The van der Waals surface area contributed by atoms with E-state index in [4.69, 9.17) is 5.26 Å². The molecule has 0 aromatic heterocycles. The van der Waals surface area contributed by atoms with Crippen LogP contribution < -0.4 is 5.32 Å². The summed E-state index contributed by atoms with van der Waals surface area (Å²) >= 11 is 3.50. The van der Waals surface area contributed by atoms with Crippen LogP contribution in [-0.2, 0) is 11.2 Å². The van der Waals surface area contributed by atoms with Crippen LogP contribution in [0, 0.1) is 11.3 Å². The lowest BCUT2D eigenvalue weighted by Gasteiger charge is -2.15. The quantitative estimate of drug-likeness (QED) is 0.875. The molecule has 2 aromatic rings. The van der Waals surface area contributed by atoms with Crippen LogP contribution in [0.1, 0.15) is 36.1 Å². The number of benzene rings is 2. The fraction of sp³-hybridized carbons (Fsp3) is 0.222. The second-order valence-corrected chi connectivity index (χ2v) is 5.97. The second kappa shape index (κ2) is 7.77. The molecule has 0 radical (unpaired) electrons. The third-order valence-corrected chi connectivity index (χ3v) is 4.20. The molecular formula is C18H17BrN2O. The van der Waals surface area contributed by atoms with Gasteiger partial charge in [-0.15, -0.1) is 0 Å². The van der Waals surface area contributed by atoms with Gasteiger partial charge >= 0.3 is 0 Å². The number of hydrogen-bond donors (Lipinski definition) is 1. The van der Waals surface area contributed by atoms with Gasteiger partial charge in [0.2, 0.25) is 5.91 Å². The van der Waals surface area contributed by atoms with Gasteiger partial charge in [-0.1, -0.05) is 46.3 Å². The first-order valence-electron chi connectivity index (χ1n) is 7.13. The number of carbonyl (C=O) groups excluding carboxylic acids is 1. The second-order valence-electron chi connectivity index (χ2n) is 5.12. The van der Waals surface area contributed by atoms with Gasteiger partial charge in [-0.25, -0.2) is 0 Å². The maximum absolute atomic E-state index is 12.1. The Morgan fingerprint density at radius 3 is 2.55 bits per heavy atom. The maximum atomic E-state index is 12.1. The molecule has 2 aromatic carbocycles. The van der Waals surface area contributed by atoms with E-state index >= 15 is 0 Å². The Morgan fingerprint density at radius 2 is 1.91 bits per heavy atom. The first-order chi connectivity index (χ1) is 10.6. The molecule has 0 aliphatic heterocycles. The van der Waals surface area contributed by atoms with Crippen molar-refractivity contribution in [1.29, 1.82) is 5.26 Å². The lowest BCUT2D eigenvalue weighted by atomic mass is 10.1. The average molecular weight is 357 g/mol. The molecule has 112 valence electrons. The van der Waals surface area contributed by atoms with Gasteiger partial charge < -0.3 is 5.32 Å². The van der Waals surface area contributed by atoms with Gasteiger partial charge in [0.05, 0.1) is 17.7 Å². The zero-order valence-electron chi connectivity index (χ0n) is 12.3. The molecule has 0 fully saturated rings. The number of halogens is 1. The Bertz CT molecular complexity index is 689. The Balaban J connectivity index is 1.87. The highest BCUT2D eigenvalue weighted by Crippen LogP contribution is 2.22. The SMILES string of the molecule is CC(NC(=O)CCc1ccc(C#N)cc1)c1ccccc1Br. The van der Waals surface area contributed by atoms with Crippen LogP contribution >= 0.6 is 15.9 Å². The summed E-state index contributed by atoms with van der Waals surface area (Å²) in [4.78, 5) is 12.1. The van der Waals surface area contributed by atoms with Gasteiger partial charge in [0.25, 0.3) is 0 Å². The number of rotatable bonds is 5. The van der Waals surface area contributed by atoms with Crippen LogP contribution in [-0.4, -0.2) is 5.91 Å². The van der Waals surface area contributed by atoms with Crippen molar-refractivity contribution in [1.82, 2.24) is 5.32 Å². The van der Waals surface area contributed by atoms with Crippen molar-refractivity contribution < 1.29 is 4.79 Å². The maximum Gasteiger partial charge on any atom is 0.220 e. The average Bonchev–Trinajstić information content (AvgIpc) is 2.53. The largest absolute Gasteiger partial charge is 0.350 e. The molecule has 0 heterocycles. The number of nitriles is 1. The molecule has 1 amide bonds. The van der Waals surface area contributed by atoms with Crippen LogP contribution in [0.3, 0.4) is 0 Å². The number of carbonyl (C=O) groups is 1. The molecule has 2 rings (SSSR count). The Labute approximate surface area is 139 Å². The van der Waals surface area contributed by atoms with E-state index in [9.17, 15) is 4.79 Å². The van der Waals surface area contributed by atoms with Crippen LogP contribution in [0.5, 0.6) is 0 Å². The summed E-state index contributed by atoms with van der Waals surface area (Å²) in [5, 5.41) is 11.8. The highest BCUT2D eigenvalue weighted by molar-refractivity contribution is 9.10. The molecule has 0 saturated carbocycles. The van der Waals surface area contributed by atoms with E-state index in [0.29, 0.717) is 18.4 Å². The molecule has 4 heteroatoms. The predicted octanol–water partition coefficient (Wildman–Crippen LogP) is 4.13. The highest BCUT2D eigenvalue weighted by Gasteiger charge is 2.11. The molecule has 1 atom stereocenters. The zero-order chi connectivity index (χ0) is 15.9. The van der Waals surface area contributed by atoms with Crippen LogP contribution in [0.4, 0.5) is 0 Å². The van der Waals surface area contributed by atoms with E-state index in [-0.39, 0.29) is 11.9 Å². The molecule has 1 unspecified atom stereocenters. The van der Waals surface area contributed by atoms with Gasteiger partial charge in [0.15, 0.2) is 0 Å². The smallest absolute Gasteiger partial charge is 0.220 e. The topological polar surface area (TPSA) is 52.9 Å². The highest BCUT2D eigenvalue weighted by atomic mass is 79.9. The number of amides is 1. The summed E-state index contributed by atoms with van der Waals surface area (Å²) in [5.41, 5.74) is 2.76. The van der Waals surface area contributed by atoms with Crippen LogP contribution in [0.15, 0.2) is 53.0 Å². The normalized spacial score (nSPS) is 11.5. The van der Waals surface area contributed by atoms with Crippen molar-refractivity contribution in [2.45, 2.75) is 25.8 Å². The summed E-state index contributed by atoms with van der Waals surface area (Å²) in [6.45, 7) is 1.97. The molecule has 0 aliphatic carbocycles. The van der Waals surface area contributed by atoms with Crippen molar-refractivity contribution in [2.24, 2.45) is 0 Å². The van der Waals surface area contributed by atoms with Gasteiger partial charge in [-0.2, -0.15) is 5.26 Å². The van der Waals surface area contributed by atoms with Crippen molar-refractivity contribution >= 4 is 21.8 Å². The summed E-state index contributed by atoms with van der Waals surface area (Å²) in [6, 6.07) is 17.3. The van der Waals surface area contributed by atoms with Crippen molar-refractivity contribution in [3.8, 4) is 6.07 Å². The van der Waals surface area contributed by atoms with E-state index in [0.717, 1.165) is 15.6 Å². The fourth-order valence-corrected chi connectivity index (χ4v) is 2.85. The number of hydrogen-bond acceptors (Lipinski definition) is 2. The molecule has 0 aliphatic rings. The van der Waals surface area contributed by atoms with Crippen molar-refractivity contribution in [3.05, 3.63) is 69.7 Å². The molecule has 0 bridgehead atoms. The fourth-order valence-electron chi connectivity index (χ4n) is 2.22. The van der Waals surface area contributed by atoms with Gasteiger partial charge in [-0.05, 0) is 42.7 Å². The lowest BCUT2D eigenvalue weighted by molar-refractivity contribution is -0.121. The first-order valence-corrected chi connectivity index (χ1v) is 7.92. The van der Waals surface area contributed by atoms with E-state index in [1.165, 1.54) is 0 Å². The lowest BCUT2D eigenvalue weighted by Crippen LogP contribution is -2.27. The van der Waals surface area contributed by atoms with Crippen LogP contribution in [0.2, 0.25) is 0 Å². The Hall–Kier alpha value is -2.12. The van der Waals surface area contributed by atoms with Crippen molar-refractivity contribution in [3.63, 3.8) is 0 Å². The van der Waals surface area contributed by atoms with E-state index < -0.39 is 0 Å². The molecule has 1 N–H and O–H groups in total. The zero-order valence-corrected chi connectivity index (χ0v) is 13.9. The third kappa shape index (κ3) is 4.44. The summed E-state index contributed by atoms with van der Waals surface area (Å²) in [6.07, 6.45) is 1.10. The Morgan fingerprint density at radius 1 is 1.23 bits per heavy atom. The summed E-state index contributed by atoms with van der Waals surface area (Å²) in [7, 11) is 0. The minimum atomic E-state index is -0.0379. The molecule has 0 spiro atoms. The Kier molecular flexibility index (Phi) is 5.74. The number of aryl methyl sites for hydroxylation is 1. The third-order valence-electron chi connectivity index (χ3n) is 3.47. The number of nitrogens with one attached hydrogen (secondary N) is 1. The minimum Gasteiger partial charge on any atom is -0.350 e. The first kappa shape index (κ1) is 16.3.